The quantitative estimate of drug-likeness (QED) is 0.633. The largest absolute Gasteiger partial charge is 0.394 e. The average molecular weight is 249 g/mol. The van der Waals surface area contributed by atoms with Gasteiger partial charge in [0.25, 0.3) is 0 Å². The summed E-state index contributed by atoms with van der Waals surface area (Å²) in [6.07, 6.45) is 1.55. The molecule has 0 spiro atoms. The maximum absolute atomic E-state index is 9.11. The zero-order valence-electron chi connectivity index (χ0n) is 9.63. The Labute approximate surface area is 104 Å². The number of fused-ring (bicyclic) bond motifs is 1. The standard InChI is InChI=1S/C12H15N3OS/c1-12(13,6-16)7-17-11-9-4-2-3-5-10(9)14-8-15-11/h2-5,8,16H,6-7,13H2,1H3. The fourth-order valence-electron chi connectivity index (χ4n) is 1.37. The van der Waals surface area contributed by atoms with Gasteiger partial charge in [0.2, 0.25) is 0 Å². The van der Waals surface area contributed by atoms with Gasteiger partial charge in [0, 0.05) is 16.7 Å². The molecule has 17 heavy (non-hydrogen) atoms. The number of thioether (sulfide) groups is 1. The molecule has 4 nitrogen and oxygen atoms in total. The average Bonchev–Trinajstić information content (AvgIpc) is 2.36. The highest BCUT2D eigenvalue weighted by Crippen LogP contribution is 2.26. The molecular formula is C12H15N3OS. The van der Waals surface area contributed by atoms with Crippen molar-refractivity contribution in [2.45, 2.75) is 17.5 Å². The van der Waals surface area contributed by atoms with Gasteiger partial charge >= 0.3 is 0 Å². The van der Waals surface area contributed by atoms with E-state index in [2.05, 4.69) is 9.97 Å². The van der Waals surface area contributed by atoms with Crippen LogP contribution in [0.25, 0.3) is 10.9 Å². The molecule has 0 amide bonds. The molecule has 0 saturated carbocycles. The normalized spacial score (nSPS) is 14.8. The summed E-state index contributed by atoms with van der Waals surface area (Å²) in [4.78, 5) is 8.46. The first kappa shape index (κ1) is 12.3. The Morgan fingerprint density at radius 2 is 2.12 bits per heavy atom. The summed E-state index contributed by atoms with van der Waals surface area (Å²) in [7, 11) is 0. The zero-order valence-corrected chi connectivity index (χ0v) is 10.4. The van der Waals surface area contributed by atoms with E-state index >= 15 is 0 Å². The van der Waals surface area contributed by atoms with Crippen LogP contribution < -0.4 is 5.73 Å². The molecule has 3 N–H and O–H groups in total. The van der Waals surface area contributed by atoms with Gasteiger partial charge in [0.05, 0.1) is 12.1 Å². The van der Waals surface area contributed by atoms with Crippen LogP contribution in [0.15, 0.2) is 35.6 Å². The summed E-state index contributed by atoms with van der Waals surface area (Å²) in [6.45, 7) is 1.78. The first-order valence-electron chi connectivity index (χ1n) is 5.35. The predicted molar refractivity (Wildman–Crippen MR) is 69.9 cm³/mol. The molecule has 1 aromatic heterocycles. The van der Waals surface area contributed by atoms with Crippen molar-refractivity contribution in [1.29, 1.82) is 0 Å². The summed E-state index contributed by atoms with van der Waals surface area (Å²) < 4.78 is 0. The molecule has 1 aromatic carbocycles. The smallest absolute Gasteiger partial charge is 0.117 e. The lowest BCUT2D eigenvalue weighted by Crippen LogP contribution is -2.42. The highest BCUT2D eigenvalue weighted by atomic mass is 32.2. The topological polar surface area (TPSA) is 72.0 Å². The third-order valence-electron chi connectivity index (χ3n) is 2.41. The Bertz CT molecular complexity index is 511. The Morgan fingerprint density at radius 3 is 2.88 bits per heavy atom. The van der Waals surface area contributed by atoms with Gasteiger partial charge in [-0.15, -0.1) is 11.8 Å². The highest BCUT2D eigenvalue weighted by molar-refractivity contribution is 7.99. The van der Waals surface area contributed by atoms with Gasteiger partial charge < -0.3 is 10.8 Å². The Kier molecular flexibility index (Phi) is 3.61. The second kappa shape index (κ2) is 5.00. The van der Waals surface area contributed by atoms with Gasteiger partial charge in [-0.25, -0.2) is 9.97 Å². The lowest BCUT2D eigenvalue weighted by molar-refractivity contribution is 0.224. The Hall–Kier alpha value is -1.17. The van der Waals surface area contributed by atoms with Crippen molar-refractivity contribution in [3.8, 4) is 0 Å². The number of rotatable bonds is 4. The van der Waals surface area contributed by atoms with Crippen LogP contribution in [-0.2, 0) is 0 Å². The summed E-state index contributed by atoms with van der Waals surface area (Å²) in [5.74, 6) is 0.616. The zero-order chi connectivity index (χ0) is 12.3. The number of benzene rings is 1. The van der Waals surface area contributed by atoms with Crippen LogP contribution in [0.3, 0.4) is 0 Å². The molecule has 0 saturated heterocycles. The molecule has 0 aliphatic heterocycles. The molecule has 2 aromatic rings. The van der Waals surface area contributed by atoms with Gasteiger partial charge in [-0.1, -0.05) is 18.2 Å². The van der Waals surface area contributed by atoms with Crippen LogP contribution >= 0.6 is 11.8 Å². The van der Waals surface area contributed by atoms with Crippen LogP contribution in [0, 0.1) is 0 Å². The molecule has 0 aliphatic carbocycles. The number of nitrogens with two attached hydrogens (primary N) is 1. The first-order valence-corrected chi connectivity index (χ1v) is 6.33. The van der Waals surface area contributed by atoms with Crippen LogP contribution in [0.4, 0.5) is 0 Å². The number of hydrogen-bond donors (Lipinski definition) is 2. The number of aromatic nitrogens is 2. The predicted octanol–water partition coefficient (Wildman–Crippen LogP) is 1.43. The number of nitrogens with zero attached hydrogens (tertiary/aromatic N) is 2. The van der Waals surface area contributed by atoms with E-state index in [9.17, 15) is 0 Å². The number of para-hydroxylation sites is 1. The molecule has 1 atom stereocenters. The van der Waals surface area contributed by atoms with Crippen molar-refractivity contribution in [3.05, 3.63) is 30.6 Å². The van der Waals surface area contributed by atoms with Crippen LogP contribution in [0.5, 0.6) is 0 Å². The number of aliphatic hydroxyl groups is 1. The van der Waals surface area contributed by atoms with E-state index < -0.39 is 5.54 Å². The van der Waals surface area contributed by atoms with Gasteiger partial charge in [0.1, 0.15) is 11.4 Å². The molecule has 90 valence electrons. The molecule has 0 bridgehead atoms. The van der Waals surface area contributed by atoms with E-state index in [0.29, 0.717) is 5.75 Å². The van der Waals surface area contributed by atoms with Crippen molar-refractivity contribution in [1.82, 2.24) is 9.97 Å². The highest BCUT2D eigenvalue weighted by Gasteiger charge is 2.18. The molecule has 1 unspecified atom stereocenters. The maximum Gasteiger partial charge on any atom is 0.117 e. The fraction of sp³-hybridized carbons (Fsp3) is 0.333. The summed E-state index contributed by atoms with van der Waals surface area (Å²) in [6, 6.07) is 7.85. The van der Waals surface area contributed by atoms with Crippen molar-refractivity contribution in [2.24, 2.45) is 5.73 Å². The maximum atomic E-state index is 9.11. The van der Waals surface area contributed by atoms with E-state index in [1.807, 2.05) is 31.2 Å². The van der Waals surface area contributed by atoms with Crippen molar-refractivity contribution in [2.75, 3.05) is 12.4 Å². The van der Waals surface area contributed by atoms with E-state index in [1.165, 1.54) is 0 Å². The SMILES string of the molecule is CC(N)(CO)CSc1ncnc2ccccc12. The molecule has 0 aliphatic rings. The van der Waals surface area contributed by atoms with Crippen LogP contribution in [0.1, 0.15) is 6.92 Å². The van der Waals surface area contributed by atoms with Gasteiger partial charge in [0.15, 0.2) is 0 Å². The second-order valence-corrected chi connectivity index (χ2v) is 5.26. The van der Waals surface area contributed by atoms with Gasteiger partial charge in [-0.05, 0) is 13.0 Å². The third kappa shape index (κ3) is 2.94. The lowest BCUT2D eigenvalue weighted by atomic mass is 10.1. The minimum absolute atomic E-state index is 0.0387. The Balaban J connectivity index is 2.24. The van der Waals surface area contributed by atoms with Gasteiger partial charge in [-0.3, -0.25) is 0 Å². The van der Waals surface area contributed by atoms with Crippen molar-refractivity contribution in [3.63, 3.8) is 0 Å². The second-order valence-electron chi connectivity index (χ2n) is 4.30. The Morgan fingerprint density at radius 1 is 1.35 bits per heavy atom. The molecule has 5 heteroatoms. The monoisotopic (exact) mass is 249 g/mol. The molecular weight excluding hydrogens is 234 g/mol. The van der Waals surface area contributed by atoms with E-state index in [-0.39, 0.29) is 6.61 Å². The van der Waals surface area contributed by atoms with E-state index in [4.69, 9.17) is 10.8 Å². The third-order valence-corrected chi connectivity index (χ3v) is 3.81. The van der Waals surface area contributed by atoms with E-state index in [1.54, 1.807) is 18.1 Å². The molecule has 1 heterocycles. The molecule has 0 radical (unpaired) electrons. The van der Waals surface area contributed by atoms with Crippen molar-refractivity contribution < 1.29 is 5.11 Å². The summed E-state index contributed by atoms with van der Waals surface area (Å²) >= 11 is 1.55. The first-order chi connectivity index (χ1) is 8.12. The van der Waals surface area contributed by atoms with Crippen LogP contribution in [0.2, 0.25) is 0 Å². The number of hydrogen-bond acceptors (Lipinski definition) is 5. The van der Waals surface area contributed by atoms with Gasteiger partial charge in [-0.2, -0.15) is 0 Å². The summed E-state index contributed by atoms with van der Waals surface area (Å²) in [5, 5.41) is 11.0. The lowest BCUT2D eigenvalue weighted by Gasteiger charge is -2.20. The fourth-order valence-corrected chi connectivity index (χ4v) is 2.38. The molecule has 2 rings (SSSR count). The van der Waals surface area contributed by atoms with E-state index in [0.717, 1.165) is 15.9 Å². The van der Waals surface area contributed by atoms with Crippen LogP contribution in [-0.4, -0.2) is 33.0 Å². The molecule has 0 fully saturated rings. The minimum atomic E-state index is -0.587. The summed E-state index contributed by atoms with van der Waals surface area (Å²) in [5.41, 5.74) is 6.23. The van der Waals surface area contributed by atoms with Crippen molar-refractivity contribution >= 4 is 22.7 Å². The number of aliphatic hydroxyl groups excluding tert-OH is 1. The minimum Gasteiger partial charge on any atom is -0.394 e.